The van der Waals surface area contributed by atoms with Crippen molar-refractivity contribution in [2.45, 2.75) is 4.90 Å². The number of rotatable bonds is 6. The molecule has 0 spiro atoms. The molecule has 4 rings (SSSR count). The van der Waals surface area contributed by atoms with Gasteiger partial charge < -0.3 is 5.32 Å². The minimum Gasteiger partial charge on any atom is -0.325 e. The number of anilines is 1. The number of aliphatic imine (C=N–C) groups is 1. The molecule has 0 aliphatic heterocycles. The van der Waals surface area contributed by atoms with E-state index in [9.17, 15) is 4.79 Å². The van der Waals surface area contributed by atoms with Crippen molar-refractivity contribution >= 4 is 57.6 Å². The molecule has 0 bridgehead atoms. The number of hydrogen-bond acceptors (Lipinski definition) is 4. The zero-order valence-electron chi connectivity index (χ0n) is 16.0. The smallest absolute Gasteiger partial charge is 0.234 e. The van der Waals surface area contributed by atoms with E-state index in [0.29, 0.717) is 10.9 Å². The third-order valence-corrected chi connectivity index (χ3v) is 5.71. The standard InChI is InChI=1S/C24H18ClN3OS/c25-24-19(6-3-13-26-24)15-27-20-9-11-22(12-10-20)30-16-23(29)28-21-8-7-17-4-1-2-5-18(17)14-21/h1-15H,16H2,(H,28,29). The van der Waals surface area contributed by atoms with Crippen LogP contribution in [0.4, 0.5) is 11.4 Å². The normalized spacial score (nSPS) is 11.1. The lowest BCUT2D eigenvalue weighted by Crippen LogP contribution is -2.13. The number of amides is 1. The quantitative estimate of drug-likeness (QED) is 0.219. The molecule has 4 nitrogen and oxygen atoms in total. The van der Waals surface area contributed by atoms with Crippen molar-refractivity contribution < 1.29 is 4.79 Å². The van der Waals surface area contributed by atoms with Gasteiger partial charge in [0.05, 0.1) is 11.4 Å². The number of hydrogen-bond donors (Lipinski definition) is 1. The Balaban J connectivity index is 1.32. The zero-order chi connectivity index (χ0) is 20.8. The molecule has 1 amide bonds. The van der Waals surface area contributed by atoms with Crippen molar-refractivity contribution in [3.8, 4) is 0 Å². The van der Waals surface area contributed by atoms with Crippen LogP contribution in [0.5, 0.6) is 0 Å². The second-order valence-corrected chi connectivity index (χ2v) is 7.94. The number of nitrogens with zero attached hydrogens (tertiary/aromatic N) is 2. The lowest BCUT2D eigenvalue weighted by Gasteiger charge is -2.07. The summed E-state index contributed by atoms with van der Waals surface area (Å²) < 4.78 is 0. The van der Waals surface area contributed by atoms with Gasteiger partial charge in [0, 0.05) is 28.6 Å². The second kappa shape index (κ2) is 9.57. The van der Waals surface area contributed by atoms with Crippen LogP contribution in [0.15, 0.2) is 94.9 Å². The molecule has 3 aromatic carbocycles. The van der Waals surface area contributed by atoms with E-state index in [-0.39, 0.29) is 5.91 Å². The summed E-state index contributed by atoms with van der Waals surface area (Å²) >= 11 is 7.51. The number of pyridine rings is 1. The van der Waals surface area contributed by atoms with Crippen LogP contribution in [-0.2, 0) is 4.79 Å². The van der Waals surface area contributed by atoms with Crippen LogP contribution in [0.3, 0.4) is 0 Å². The summed E-state index contributed by atoms with van der Waals surface area (Å²) in [5, 5.41) is 5.63. The monoisotopic (exact) mass is 431 g/mol. The molecule has 148 valence electrons. The number of aromatic nitrogens is 1. The van der Waals surface area contributed by atoms with Crippen LogP contribution in [0.2, 0.25) is 5.15 Å². The molecular weight excluding hydrogens is 414 g/mol. The summed E-state index contributed by atoms with van der Waals surface area (Å²) in [7, 11) is 0. The minimum absolute atomic E-state index is 0.0383. The van der Waals surface area contributed by atoms with E-state index < -0.39 is 0 Å². The van der Waals surface area contributed by atoms with Gasteiger partial charge in [0.2, 0.25) is 5.91 Å². The van der Waals surface area contributed by atoms with E-state index in [1.165, 1.54) is 11.8 Å². The topological polar surface area (TPSA) is 54.4 Å². The van der Waals surface area contributed by atoms with E-state index in [1.807, 2.05) is 72.8 Å². The Morgan fingerprint density at radius 2 is 1.80 bits per heavy atom. The average Bonchev–Trinajstić information content (AvgIpc) is 2.78. The Kier molecular flexibility index (Phi) is 6.42. The molecule has 4 aromatic rings. The van der Waals surface area contributed by atoms with Gasteiger partial charge in [0.1, 0.15) is 5.15 Å². The van der Waals surface area contributed by atoms with Gasteiger partial charge in [-0.2, -0.15) is 0 Å². The molecule has 0 atom stereocenters. The first-order valence-electron chi connectivity index (χ1n) is 9.33. The van der Waals surface area contributed by atoms with Crippen LogP contribution in [0, 0.1) is 0 Å². The largest absolute Gasteiger partial charge is 0.325 e. The predicted octanol–water partition coefficient (Wildman–Crippen LogP) is 6.37. The molecule has 0 fully saturated rings. The van der Waals surface area contributed by atoms with Gasteiger partial charge in [-0.1, -0.05) is 41.9 Å². The maximum absolute atomic E-state index is 12.3. The summed E-state index contributed by atoms with van der Waals surface area (Å²) in [6.45, 7) is 0. The molecule has 1 aromatic heterocycles. The van der Waals surface area contributed by atoms with E-state index >= 15 is 0 Å². The third kappa shape index (κ3) is 5.26. The highest BCUT2D eigenvalue weighted by molar-refractivity contribution is 8.00. The van der Waals surface area contributed by atoms with Gasteiger partial charge in [-0.05, 0) is 59.3 Å². The van der Waals surface area contributed by atoms with Crippen LogP contribution in [-0.4, -0.2) is 22.9 Å². The van der Waals surface area contributed by atoms with Gasteiger partial charge in [-0.15, -0.1) is 11.8 Å². The fourth-order valence-corrected chi connectivity index (χ4v) is 3.75. The number of carbonyl (C=O) groups is 1. The number of nitrogens with one attached hydrogen (secondary N) is 1. The highest BCUT2D eigenvalue weighted by Crippen LogP contribution is 2.23. The molecule has 0 saturated carbocycles. The maximum atomic E-state index is 12.3. The van der Waals surface area contributed by atoms with E-state index in [2.05, 4.69) is 21.4 Å². The molecule has 0 unspecified atom stereocenters. The molecule has 0 saturated heterocycles. The molecule has 0 aliphatic carbocycles. The molecule has 0 aliphatic rings. The minimum atomic E-state index is -0.0383. The number of halogens is 1. The first-order valence-corrected chi connectivity index (χ1v) is 10.7. The van der Waals surface area contributed by atoms with Crippen LogP contribution >= 0.6 is 23.4 Å². The highest BCUT2D eigenvalue weighted by Gasteiger charge is 2.05. The summed E-state index contributed by atoms with van der Waals surface area (Å²) in [6.07, 6.45) is 3.33. The first kappa shape index (κ1) is 20.1. The lowest BCUT2D eigenvalue weighted by molar-refractivity contribution is -0.113. The van der Waals surface area contributed by atoms with E-state index in [4.69, 9.17) is 11.6 Å². The zero-order valence-corrected chi connectivity index (χ0v) is 17.5. The van der Waals surface area contributed by atoms with Gasteiger partial charge in [-0.25, -0.2) is 4.98 Å². The average molecular weight is 432 g/mol. The molecule has 1 heterocycles. The van der Waals surface area contributed by atoms with Crippen molar-refractivity contribution in [2.24, 2.45) is 4.99 Å². The van der Waals surface area contributed by atoms with Crippen molar-refractivity contribution in [1.82, 2.24) is 4.98 Å². The van der Waals surface area contributed by atoms with Crippen molar-refractivity contribution in [3.63, 3.8) is 0 Å². The summed E-state index contributed by atoms with van der Waals surface area (Å²) in [6, 6.07) is 25.4. The molecule has 0 radical (unpaired) electrons. The third-order valence-electron chi connectivity index (χ3n) is 4.38. The number of carbonyl (C=O) groups excluding carboxylic acids is 1. The van der Waals surface area contributed by atoms with Crippen LogP contribution < -0.4 is 5.32 Å². The van der Waals surface area contributed by atoms with Crippen LogP contribution in [0.25, 0.3) is 10.8 Å². The van der Waals surface area contributed by atoms with Gasteiger partial charge in [0.25, 0.3) is 0 Å². The summed E-state index contributed by atoms with van der Waals surface area (Å²) in [4.78, 5) is 21.7. The molecule has 6 heteroatoms. The molecule has 1 N–H and O–H groups in total. The Bertz CT molecular complexity index is 1210. The fraction of sp³-hybridized carbons (Fsp3) is 0.0417. The van der Waals surface area contributed by atoms with Gasteiger partial charge in [-0.3, -0.25) is 9.79 Å². The van der Waals surface area contributed by atoms with Crippen molar-refractivity contribution in [1.29, 1.82) is 0 Å². The fourth-order valence-electron chi connectivity index (χ4n) is 2.88. The number of thioether (sulfide) groups is 1. The molecular formula is C24H18ClN3OS. The summed E-state index contributed by atoms with van der Waals surface area (Å²) in [5.41, 5.74) is 2.38. The molecule has 30 heavy (non-hydrogen) atoms. The summed E-state index contributed by atoms with van der Waals surface area (Å²) in [5.74, 6) is 0.296. The first-order chi connectivity index (χ1) is 14.7. The van der Waals surface area contributed by atoms with Gasteiger partial charge >= 0.3 is 0 Å². The Morgan fingerprint density at radius 3 is 2.60 bits per heavy atom. The van der Waals surface area contributed by atoms with E-state index in [0.717, 1.165) is 32.6 Å². The van der Waals surface area contributed by atoms with E-state index in [1.54, 1.807) is 12.4 Å². The Morgan fingerprint density at radius 1 is 1.00 bits per heavy atom. The SMILES string of the molecule is O=C(CSc1ccc(N=Cc2cccnc2Cl)cc1)Nc1ccc2ccccc2c1. The predicted molar refractivity (Wildman–Crippen MR) is 126 cm³/mol. The lowest BCUT2D eigenvalue weighted by atomic mass is 10.1. The van der Waals surface area contributed by atoms with Crippen molar-refractivity contribution in [2.75, 3.05) is 11.1 Å². The Labute approximate surface area is 184 Å². The number of benzene rings is 3. The Hall–Kier alpha value is -3.15. The number of fused-ring (bicyclic) bond motifs is 1. The maximum Gasteiger partial charge on any atom is 0.234 e. The second-order valence-electron chi connectivity index (χ2n) is 6.53. The van der Waals surface area contributed by atoms with Gasteiger partial charge in [0.15, 0.2) is 0 Å². The van der Waals surface area contributed by atoms with Crippen molar-refractivity contribution in [3.05, 3.63) is 95.8 Å². The highest BCUT2D eigenvalue weighted by atomic mass is 35.5. The van der Waals surface area contributed by atoms with Crippen LogP contribution in [0.1, 0.15) is 5.56 Å².